The van der Waals surface area contributed by atoms with E-state index in [-0.39, 0.29) is 0 Å². The second-order valence-corrected chi connectivity index (χ2v) is 3.36. The predicted molar refractivity (Wildman–Crippen MR) is 27.9 cm³/mol. The minimum atomic E-state index is -4.80. The lowest BCUT2D eigenvalue weighted by Gasteiger charge is -1.96. The summed E-state index contributed by atoms with van der Waals surface area (Å²) in [5, 5.41) is 0. The molecule has 2 N–H and O–H groups in total. The molecule has 9 heteroatoms. The van der Waals surface area contributed by atoms with E-state index in [2.05, 4.69) is 4.31 Å². The van der Waals surface area contributed by atoms with Gasteiger partial charge in [0, 0.05) is 4.95 Å². The molecule has 7 nitrogen and oxygen atoms in total. The van der Waals surface area contributed by atoms with E-state index in [9.17, 15) is 14.0 Å². The van der Waals surface area contributed by atoms with Crippen molar-refractivity contribution >= 4 is 16.0 Å². The number of hydrogen-bond donors (Lipinski definition) is 2. The van der Waals surface area contributed by atoms with E-state index in [1.54, 1.807) is 4.95 Å². The monoisotopic (exact) mass is 175 g/mol. The maximum atomic E-state index is 9.82. The molecule has 0 aromatic carbocycles. The summed E-state index contributed by atoms with van der Waals surface area (Å²) in [5.74, 6) is 0. The second kappa shape index (κ2) is 3.20. The Morgan fingerprint density at radius 1 is 1.56 bits per heavy atom. The standard InChI is InChI=1S/H3NO6P2/c2-1-8(3)7-9(4,5)6/h8H,(H2,4,5,6). The van der Waals surface area contributed by atoms with Crippen LogP contribution >= 0.6 is 16.0 Å². The van der Waals surface area contributed by atoms with Crippen LogP contribution in [0.2, 0.25) is 0 Å². The zero-order chi connectivity index (χ0) is 7.49. The van der Waals surface area contributed by atoms with Gasteiger partial charge in [0.15, 0.2) is 0 Å². The lowest BCUT2D eigenvalue weighted by molar-refractivity contribution is 0.288. The van der Waals surface area contributed by atoms with Gasteiger partial charge in [-0.05, 0) is 0 Å². The first-order valence-electron chi connectivity index (χ1n) is 1.58. The molecule has 0 saturated heterocycles. The van der Waals surface area contributed by atoms with Crippen molar-refractivity contribution in [3.63, 3.8) is 0 Å². The van der Waals surface area contributed by atoms with Crippen LogP contribution in [0, 0.1) is 4.91 Å². The van der Waals surface area contributed by atoms with Gasteiger partial charge in [-0.2, -0.15) is 0 Å². The molecule has 0 spiro atoms. The van der Waals surface area contributed by atoms with Crippen LogP contribution in [0.3, 0.4) is 0 Å². The first kappa shape index (κ1) is 8.94. The Kier molecular flexibility index (Phi) is 3.17. The number of hydrogen-bond acceptors (Lipinski definition) is 4. The van der Waals surface area contributed by atoms with E-state index in [1.165, 1.54) is 0 Å². The van der Waals surface area contributed by atoms with E-state index in [0.29, 0.717) is 0 Å². The van der Waals surface area contributed by atoms with Gasteiger partial charge in [0.05, 0.1) is 0 Å². The third kappa shape index (κ3) is 5.82. The molecule has 0 bridgehead atoms. The van der Waals surface area contributed by atoms with E-state index in [4.69, 9.17) is 9.79 Å². The highest BCUT2D eigenvalue weighted by atomic mass is 31.2. The highest BCUT2D eigenvalue weighted by Gasteiger charge is 2.17. The Morgan fingerprint density at radius 2 is 2.00 bits per heavy atom. The summed E-state index contributed by atoms with van der Waals surface area (Å²) in [5.41, 5.74) is 0. The smallest absolute Gasteiger partial charge is 0.302 e. The number of phosphoric acid groups is 1. The van der Waals surface area contributed by atoms with Crippen LogP contribution in [0.5, 0.6) is 0 Å². The Hall–Kier alpha value is -0.0600. The van der Waals surface area contributed by atoms with Gasteiger partial charge in [-0.25, -0.2) is 8.88 Å². The summed E-state index contributed by atoms with van der Waals surface area (Å²) in [7, 11) is -8.23. The van der Waals surface area contributed by atoms with Gasteiger partial charge in [-0.3, -0.25) is 4.57 Å². The minimum Gasteiger partial charge on any atom is -0.302 e. The summed E-state index contributed by atoms with van der Waals surface area (Å²) in [6, 6.07) is 0. The lowest BCUT2D eigenvalue weighted by atomic mass is 13.7. The van der Waals surface area contributed by atoms with Crippen LogP contribution in [-0.4, -0.2) is 9.79 Å². The van der Waals surface area contributed by atoms with Crippen LogP contribution in [0.4, 0.5) is 0 Å². The fraction of sp³-hybridized carbons (Fsp3) is 0. The van der Waals surface area contributed by atoms with Crippen molar-refractivity contribution < 1.29 is 23.2 Å². The van der Waals surface area contributed by atoms with Crippen molar-refractivity contribution in [2.75, 3.05) is 0 Å². The second-order valence-electron chi connectivity index (χ2n) is 0.939. The maximum absolute atomic E-state index is 9.82. The summed E-state index contributed by atoms with van der Waals surface area (Å²) in [6.45, 7) is 0. The SMILES string of the molecule is O=N[PH](=O)OP(=O)(O)O. The van der Waals surface area contributed by atoms with Crippen molar-refractivity contribution in [2.24, 2.45) is 4.95 Å². The molecule has 0 heterocycles. The van der Waals surface area contributed by atoms with Gasteiger partial charge in [0.1, 0.15) is 0 Å². The minimum absolute atomic E-state index is 1.76. The van der Waals surface area contributed by atoms with Gasteiger partial charge in [0.25, 0.3) is 0 Å². The maximum Gasteiger partial charge on any atom is 0.476 e. The average molecular weight is 175 g/mol. The fourth-order valence-electron chi connectivity index (χ4n) is 0.118. The molecule has 0 aliphatic carbocycles. The first-order chi connectivity index (χ1) is 3.95. The van der Waals surface area contributed by atoms with Gasteiger partial charge in [-0.15, -0.1) is 4.91 Å². The van der Waals surface area contributed by atoms with Crippen molar-refractivity contribution in [1.29, 1.82) is 0 Å². The van der Waals surface area contributed by atoms with Crippen LogP contribution in [0.1, 0.15) is 0 Å². The summed E-state index contributed by atoms with van der Waals surface area (Å²) in [6.07, 6.45) is 0. The molecule has 0 fully saturated rings. The molecule has 1 atom stereocenters. The Morgan fingerprint density at radius 3 is 2.11 bits per heavy atom. The molecule has 54 valence electrons. The fourth-order valence-corrected chi connectivity index (χ4v) is 1.07. The van der Waals surface area contributed by atoms with Gasteiger partial charge in [0.2, 0.25) is 0 Å². The van der Waals surface area contributed by atoms with E-state index < -0.39 is 16.0 Å². The summed E-state index contributed by atoms with van der Waals surface area (Å²) < 4.78 is 22.8. The molecule has 0 aliphatic heterocycles. The number of nitroso groups, excluding NO2 is 1. The molecule has 0 aromatic rings. The van der Waals surface area contributed by atoms with Crippen molar-refractivity contribution in [3.8, 4) is 0 Å². The first-order valence-corrected chi connectivity index (χ1v) is 4.37. The van der Waals surface area contributed by atoms with E-state index in [0.717, 1.165) is 0 Å². The molecule has 1 unspecified atom stereocenters. The molecule has 0 rings (SSSR count). The van der Waals surface area contributed by atoms with Gasteiger partial charge >= 0.3 is 16.0 Å². The molecule has 0 aromatic heterocycles. The van der Waals surface area contributed by atoms with Crippen LogP contribution in [-0.2, 0) is 13.4 Å². The number of nitrogens with zero attached hydrogens (tertiary/aromatic N) is 1. The molecule has 0 saturated carbocycles. The van der Waals surface area contributed by atoms with Crippen molar-refractivity contribution in [1.82, 2.24) is 0 Å². The number of rotatable bonds is 3. The topological polar surface area (TPSA) is 113 Å². The lowest BCUT2D eigenvalue weighted by Crippen LogP contribution is -1.74. The largest absolute Gasteiger partial charge is 0.476 e. The van der Waals surface area contributed by atoms with Gasteiger partial charge < -0.3 is 9.79 Å². The highest BCUT2D eigenvalue weighted by molar-refractivity contribution is 7.56. The van der Waals surface area contributed by atoms with Crippen molar-refractivity contribution in [3.05, 3.63) is 4.91 Å². The molecular weight excluding hydrogens is 172 g/mol. The zero-order valence-electron chi connectivity index (χ0n) is 3.92. The summed E-state index contributed by atoms with van der Waals surface area (Å²) in [4.78, 5) is 26.6. The van der Waals surface area contributed by atoms with Crippen LogP contribution in [0.15, 0.2) is 4.95 Å². The molecular formula is H3NO6P2. The zero-order valence-corrected chi connectivity index (χ0v) is 5.82. The molecule has 0 radical (unpaired) electrons. The third-order valence-electron chi connectivity index (χ3n) is 0.272. The highest BCUT2D eigenvalue weighted by Crippen LogP contribution is 2.47. The van der Waals surface area contributed by atoms with Gasteiger partial charge in [-0.1, -0.05) is 0 Å². The molecule has 0 aliphatic rings. The quantitative estimate of drug-likeness (QED) is 0.469. The Bertz CT molecular complexity index is 166. The van der Waals surface area contributed by atoms with E-state index in [1.807, 2.05) is 0 Å². The third-order valence-corrected chi connectivity index (χ3v) is 2.00. The normalized spacial score (nSPS) is 14.9. The Balaban J connectivity index is 3.89. The Labute approximate surface area is 50.2 Å². The van der Waals surface area contributed by atoms with Crippen LogP contribution < -0.4 is 0 Å². The average Bonchev–Trinajstić information content (AvgIpc) is 1.62. The molecule has 9 heavy (non-hydrogen) atoms. The van der Waals surface area contributed by atoms with Crippen molar-refractivity contribution in [2.45, 2.75) is 0 Å². The molecule has 0 amide bonds. The van der Waals surface area contributed by atoms with E-state index >= 15 is 0 Å². The summed E-state index contributed by atoms with van der Waals surface area (Å²) >= 11 is 0. The predicted octanol–water partition coefficient (Wildman–Crippen LogP) is 0.252. The van der Waals surface area contributed by atoms with Crippen LogP contribution in [0.25, 0.3) is 0 Å².